The van der Waals surface area contributed by atoms with Crippen LogP contribution in [0.1, 0.15) is 13.8 Å². The quantitative estimate of drug-likeness (QED) is 0.527. The summed E-state index contributed by atoms with van der Waals surface area (Å²) >= 11 is 0. The molecule has 1 aliphatic heterocycles. The molecule has 1 atom stereocenters. The van der Waals surface area contributed by atoms with E-state index < -0.39 is 11.9 Å². The molecule has 1 fully saturated rings. The van der Waals surface area contributed by atoms with E-state index in [4.69, 9.17) is 9.47 Å². The minimum absolute atomic E-state index is 0.270. The van der Waals surface area contributed by atoms with Gasteiger partial charge < -0.3 is 14.6 Å². The van der Waals surface area contributed by atoms with Crippen molar-refractivity contribution in [3.63, 3.8) is 0 Å². The molecular weight excluding hydrogens is 144 g/mol. The maximum Gasteiger partial charge on any atom is 0.163 e. The van der Waals surface area contributed by atoms with Gasteiger partial charge in [0.2, 0.25) is 0 Å². The fraction of sp³-hybridized carbons (Fsp3) is 0.750. The van der Waals surface area contributed by atoms with Gasteiger partial charge in [0.15, 0.2) is 5.79 Å². The summed E-state index contributed by atoms with van der Waals surface area (Å²) in [6.07, 6.45) is -0.586. The summed E-state index contributed by atoms with van der Waals surface area (Å²) in [6.45, 7) is 7.94. The molecule has 0 spiro atoms. The average Bonchev–Trinajstić information content (AvgIpc) is 2.03. The van der Waals surface area contributed by atoms with Gasteiger partial charge >= 0.3 is 0 Å². The highest BCUT2D eigenvalue weighted by Gasteiger charge is 2.26. The lowest BCUT2D eigenvalue weighted by molar-refractivity contribution is -0.202. The highest BCUT2D eigenvalue weighted by Crippen LogP contribution is 2.18. The third kappa shape index (κ3) is 2.29. The molecule has 0 aromatic heterocycles. The maximum absolute atomic E-state index is 9.29. The molecule has 1 aliphatic rings. The van der Waals surface area contributed by atoms with E-state index in [1.165, 1.54) is 0 Å². The summed E-state index contributed by atoms with van der Waals surface area (Å²) in [5.74, 6) is -0.597. The van der Waals surface area contributed by atoms with E-state index in [0.29, 0.717) is 12.2 Å². The van der Waals surface area contributed by atoms with Crippen LogP contribution in [0.25, 0.3) is 0 Å². The van der Waals surface area contributed by atoms with Crippen LogP contribution >= 0.6 is 0 Å². The predicted molar refractivity (Wildman–Crippen MR) is 41.1 cm³/mol. The molecule has 1 rings (SSSR count). The molecule has 0 aromatic carbocycles. The first-order valence-electron chi connectivity index (χ1n) is 3.65. The molecule has 0 bridgehead atoms. The van der Waals surface area contributed by atoms with Gasteiger partial charge in [0.05, 0.1) is 13.2 Å². The second kappa shape index (κ2) is 2.93. The van der Waals surface area contributed by atoms with E-state index in [9.17, 15) is 5.11 Å². The van der Waals surface area contributed by atoms with Crippen molar-refractivity contribution in [2.75, 3.05) is 13.2 Å². The van der Waals surface area contributed by atoms with Crippen LogP contribution in [-0.4, -0.2) is 30.2 Å². The molecule has 0 radical (unpaired) electrons. The van der Waals surface area contributed by atoms with Crippen LogP contribution in [0.3, 0.4) is 0 Å². The molecule has 0 unspecified atom stereocenters. The Morgan fingerprint density at radius 1 is 1.55 bits per heavy atom. The fourth-order valence-corrected chi connectivity index (χ4v) is 0.802. The van der Waals surface area contributed by atoms with E-state index in [1.807, 2.05) is 13.8 Å². The highest BCUT2D eigenvalue weighted by atomic mass is 16.7. The maximum atomic E-state index is 9.29. The molecule has 1 saturated heterocycles. The highest BCUT2D eigenvalue weighted by molar-refractivity contribution is 5.03. The van der Waals surface area contributed by atoms with Gasteiger partial charge in [-0.05, 0) is 19.4 Å². The van der Waals surface area contributed by atoms with Crippen LogP contribution in [0.2, 0.25) is 0 Å². The monoisotopic (exact) mass is 158 g/mol. The van der Waals surface area contributed by atoms with Crippen molar-refractivity contribution >= 4 is 0 Å². The van der Waals surface area contributed by atoms with E-state index in [0.717, 1.165) is 0 Å². The summed E-state index contributed by atoms with van der Waals surface area (Å²) < 4.78 is 10.5. The second-order valence-electron chi connectivity index (χ2n) is 3.17. The third-order valence-electron chi connectivity index (χ3n) is 1.67. The second-order valence-corrected chi connectivity index (χ2v) is 3.17. The Kier molecular flexibility index (Phi) is 2.32. The SMILES string of the molecule is C=C1COC(C)(C)OC[C@H]1O. The molecule has 0 saturated carbocycles. The molecule has 0 amide bonds. The van der Waals surface area contributed by atoms with Crippen LogP contribution in [0.5, 0.6) is 0 Å². The molecule has 1 N–H and O–H groups in total. The lowest BCUT2D eigenvalue weighted by Gasteiger charge is -2.22. The fourth-order valence-electron chi connectivity index (χ4n) is 0.802. The first kappa shape index (κ1) is 8.71. The van der Waals surface area contributed by atoms with Crippen LogP contribution < -0.4 is 0 Å². The lowest BCUT2D eigenvalue weighted by Crippen LogP contribution is -2.27. The van der Waals surface area contributed by atoms with Crippen molar-refractivity contribution in [2.24, 2.45) is 0 Å². The van der Waals surface area contributed by atoms with Gasteiger partial charge in [0.25, 0.3) is 0 Å². The van der Waals surface area contributed by atoms with Crippen molar-refractivity contribution in [3.8, 4) is 0 Å². The number of aliphatic hydroxyl groups excluding tert-OH is 1. The van der Waals surface area contributed by atoms with Gasteiger partial charge in [-0.15, -0.1) is 0 Å². The Hall–Kier alpha value is -0.380. The molecule has 11 heavy (non-hydrogen) atoms. The Morgan fingerprint density at radius 3 is 2.82 bits per heavy atom. The van der Waals surface area contributed by atoms with Crippen LogP contribution in [0.4, 0.5) is 0 Å². The van der Waals surface area contributed by atoms with E-state index in [-0.39, 0.29) is 6.61 Å². The van der Waals surface area contributed by atoms with Crippen molar-refractivity contribution in [1.82, 2.24) is 0 Å². The molecule has 0 aromatic rings. The number of ether oxygens (including phenoxy) is 2. The molecule has 3 nitrogen and oxygen atoms in total. The minimum Gasteiger partial charge on any atom is -0.386 e. The van der Waals surface area contributed by atoms with Crippen LogP contribution in [0, 0.1) is 0 Å². The minimum atomic E-state index is -0.597. The Labute approximate surface area is 66.6 Å². The van der Waals surface area contributed by atoms with Gasteiger partial charge in [-0.3, -0.25) is 0 Å². The summed E-state index contributed by atoms with van der Waals surface area (Å²) in [6, 6.07) is 0. The summed E-state index contributed by atoms with van der Waals surface area (Å²) in [5, 5.41) is 9.29. The van der Waals surface area contributed by atoms with E-state index in [2.05, 4.69) is 6.58 Å². The molecular formula is C8H14O3. The first-order chi connectivity index (χ1) is 5.01. The Balaban J connectivity index is 2.58. The smallest absolute Gasteiger partial charge is 0.163 e. The average molecular weight is 158 g/mol. The van der Waals surface area contributed by atoms with Gasteiger partial charge in [-0.25, -0.2) is 0 Å². The Bertz CT molecular complexity index is 163. The standard InChI is InChI=1S/C8H14O3/c1-6-4-10-8(2,3)11-5-7(6)9/h7,9H,1,4-5H2,2-3H3/t7-/m1/s1. The van der Waals surface area contributed by atoms with Crippen molar-refractivity contribution < 1.29 is 14.6 Å². The number of rotatable bonds is 0. The number of hydrogen-bond donors (Lipinski definition) is 1. The zero-order valence-corrected chi connectivity index (χ0v) is 6.96. The van der Waals surface area contributed by atoms with Crippen molar-refractivity contribution in [3.05, 3.63) is 12.2 Å². The zero-order chi connectivity index (χ0) is 8.48. The topological polar surface area (TPSA) is 38.7 Å². The van der Waals surface area contributed by atoms with Gasteiger partial charge in [0, 0.05) is 0 Å². The molecule has 64 valence electrons. The van der Waals surface area contributed by atoms with Crippen LogP contribution in [-0.2, 0) is 9.47 Å². The van der Waals surface area contributed by atoms with Crippen molar-refractivity contribution in [1.29, 1.82) is 0 Å². The number of hydrogen-bond acceptors (Lipinski definition) is 3. The van der Waals surface area contributed by atoms with Crippen molar-refractivity contribution in [2.45, 2.75) is 25.7 Å². The van der Waals surface area contributed by atoms with Gasteiger partial charge in [-0.1, -0.05) is 6.58 Å². The largest absolute Gasteiger partial charge is 0.386 e. The summed E-state index contributed by atoms with van der Waals surface area (Å²) in [7, 11) is 0. The summed E-state index contributed by atoms with van der Waals surface area (Å²) in [5.41, 5.74) is 0.676. The predicted octanol–water partition coefficient (Wildman–Crippen LogP) is 0.686. The Morgan fingerprint density at radius 2 is 2.18 bits per heavy atom. The van der Waals surface area contributed by atoms with Gasteiger partial charge in [0.1, 0.15) is 6.10 Å². The number of aliphatic hydroxyl groups is 1. The first-order valence-corrected chi connectivity index (χ1v) is 3.65. The van der Waals surface area contributed by atoms with Gasteiger partial charge in [-0.2, -0.15) is 0 Å². The lowest BCUT2D eigenvalue weighted by atomic mass is 10.2. The zero-order valence-electron chi connectivity index (χ0n) is 6.96. The normalized spacial score (nSPS) is 31.5. The molecule has 1 heterocycles. The molecule has 3 heteroatoms. The van der Waals surface area contributed by atoms with E-state index in [1.54, 1.807) is 0 Å². The molecule has 0 aliphatic carbocycles. The van der Waals surface area contributed by atoms with Crippen LogP contribution in [0.15, 0.2) is 12.2 Å². The van der Waals surface area contributed by atoms with E-state index >= 15 is 0 Å². The summed E-state index contributed by atoms with van der Waals surface area (Å²) in [4.78, 5) is 0. The third-order valence-corrected chi connectivity index (χ3v) is 1.67.